The Hall–Kier alpha value is -3.84. The third-order valence-electron chi connectivity index (χ3n) is 9.06. The molecule has 3 saturated heterocycles. The van der Waals surface area contributed by atoms with Crippen LogP contribution in [0.5, 0.6) is 0 Å². The molecule has 5 aliphatic rings. The molecule has 2 aromatic carbocycles. The molecule has 0 radical (unpaired) electrons. The lowest BCUT2D eigenvalue weighted by atomic mass is 9.70. The molecule has 4 fully saturated rings. The van der Waals surface area contributed by atoms with Crippen LogP contribution in [0, 0.1) is 23.2 Å². The van der Waals surface area contributed by atoms with Gasteiger partial charge in [0, 0.05) is 36.1 Å². The second kappa shape index (κ2) is 9.66. The number of piperidine rings is 3. The van der Waals surface area contributed by atoms with Crippen molar-refractivity contribution >= 4 is 17.7 Å². The summed E-state index contributed by atoms with van der Waals surface area (Å²) in [6.07, 6.45) is 1.06. The predicted octanol–water partition coefficient (Wildman–Crippen LogP) is 2.84. The fourth-order valence-corrected chi connectivity index (χ4v) is 7.17. The van der Waals surface area contributed by atoms with Gasteiger partial charge in [-0.05, 0) is 43.2 Å². The summed E-state index contributed by atoms with van der Waals surface area (Å²) in [4.78, 5) is 41.5. The van der Waals surface area contributed by atoms with Crippen molar-refractivity contribution in [1.82, 2.24) is 15.5 Å². The van der Waals surface area contributed by atoms with E-state index in [2.05, 4.69) is 10.6 Å². The molecule has 1 saturated carbocycles. The fraction of sp³-hybridized carbons (Fsp3) is 0.467. The van der Waals surface area contributed by atoms with Gasteiger partial charge in [-0.1, -0.05) is 48.5 Å². The van der Waals surface area contributed by atoms with Gasteiger partial charge in [0.25, 0.3) is 11.8 Å². The molecule has 8 nitrogen and oxygen atoms in total. The van der Waals surface area contributed by atoms with Crippen LogP contribution in [-0.4, -0.2) is 58.3 Å². The van der Waals surface area contributed by atoms with Gasteiger partial charge in [-0.15, -0.1) is 0 Å². The Kier molecular flexibility index (Phi) is 6.37. The Morgan fingerprint density at radius 3 is 2.35 bits per heavy atom. The van der Waals surface area contributed by atoms with Crippen molar-refractivity contribution in [3.63, 3.8) is 0 Å². The Morgan fingerprint density at radius 2 is 1.75 bits per heavy atom. The number of hydrogen-bond acceptors (Lipinski definition) is 5. The Labute approximate surface area is 230 Å². The van der Waals surface area contributed by atoms with E-state index in [1.54, 1.807) is 48.5 Å². The number of amides is 3. The van der Waals surface area contributed by atoms with Crippen LogP contribution in [0.1, 0.15) is 49.7 Å². The third-order valence-corrected chi connectivity index (χ3v) is 9.06. The highest BCUT2D eigenvalue weighted by molar-refractivity contribution is 6.01. The molecule has 0 aromatic heterocycles. The van der Waals surface area contributed by atoms with Crippen LogP contribution in [0.15, 0.2) is 48.5 Å². The minimum atomic E-state index is -3.19. The summed E-state index contributed by atoms with van der Waals surface area (Å²) in [6, 6.07) is 12.2. The zero-order chi connectivity index (χ0) is 28.2. The first-order valence-corrected chi connectivity index (χ1v) is 13.8. The molecule has 7 rings (SSSR count). The number of rotatable bonds is 5. The first-order chi connectivity index (χ1) is 19.2. The van der Waals surface area contributed by atoms with Gasteiger partial charge < -0.3 is 20.6 Å². The second-order valence-corrected chi connectivity index (χ2v) is 11.3. The lowest BCUT2D eigenvalue weighted by molar-refractivity contribution is -0.201. The van der Waals surface area contributed by atoms with E-state index in [1.807, 2.05) is 6.07 Å². The average Bonchev–Trinajstić information content (AvgIpc) is 3.22. The Morgan fingerprint density at radius 1 is 1.10 bits per heavy atom. The highest BCUT2D eigenvalue weighted by Crippen LogP contribution is 2.53. The molecule has 5 atom stereocenters. The lowest BCUT2D eigenvalue weighted by Crippen LogP contribution is -2.70. The zero-order valence-electron chi connectivity index (χ0n) is 21.8. The molecule has 3 amide bonds. The first-order valence-electron chi connectivity index (χ1n) is 13.8. The van der Waals surface area contributed by atoms with E-state index in [0.717, 1.165) is 11.3 Å². The molecule has 3 heterocycles. The molecular formula is C30H30F2N4O4. The van der Waals surface area contributed by atoms with E-state index in [9.17, 15) is 24.8 Å². The predicted molar refractivity (Wildman–Crippen MR) is 139 cm³/mol. The summed E-state index contributed by atoms with van der Waals surface area (Å²) in [5, 5.41) is 27.2. The summed E-state index contributed by atoms with van der Waals surface area (Å²) >= 11 is 0. The highest BCUT2D eigenvalue weighted by atomic mass is 19.3. The van der Waals surface area contributed by atoms with Crippen LogP contribution in [0.4, 0.5) is 8.78 Å². The largest absolute Gasteiger partial charge is 0.372 e. The number of halogens is 2. The van der Waals surface area contributed by atoms with Crippen LogP contribution in [0.25, 0.3) is 11.1 Å². The van der Waals surface area contributed by atoms with E-state index >= 15 is 8.78 Å². The summed E-state index contributed by atoms with van der Waals surface area (Å²) in [7, 11) is 0. The molecule has 208 valence electrons. The molecule has 2 aromatic rings. The maximum atomic E-state index is 15.2. The summed E-state index contributed by atoms with van der Waals surface area (Å²) < 4.78 is 30.5. The van der Waals surface area contributed by atoms with Gasteiger partial charge in [0.05, 0.1) is 12.0 Å². The average molecular weight is 549 g/mol. The number of benzene rings is 2. The number of hydrogen-bond donors (Lipinski definition) is 3. The van der Waals surface area contributed by atoms with E-state index in [4.69, 9.17) is 0 Å². The number of aliphatic hydroxyl groups is 1. The first kappa shape index (κ1) is 26.4. The van der Waals surface area contributed by atoms with Crippen LogP contribution < -0.4 is 10.6 Å². The van der Waals surface area contributed by atoms with Gasteiger partial charge in [0.1, 0.15) is 12.1 Å². The maximum absolute atomic E-state index is 15.2. The van der Waals surface area contributed by atoms with Crippen molar-refractivity contribution in [2.24, 2.45) is 11.8 Å². The number of nitriles is 1. The minimum absolute atomic E-state index is 0.0351. The van der Waals surface area contributed by atoms with Crippen molar-refractivity contribution in [1.29, 1.82) is 5.26 Å². The normalized spacial score (nSPS) is 28.1. The highest BCUT2D eigenvalue weighted by Gasteiger charge is 2.63. The van der Waals surface area contributed by atoms with Crippen molar-refractivity contribution < 1.29 is 28.3 Å². The smallest absolute Gasteiger partial charge is 0.264 e. The number of carbonyl (C=O) groups excluding carboxylic acids is 3. The van der Waals surface area contributed by atoms with Gasteiger partial charge in [-0.2, -0.15) is 5.26 Å². The standard InChI is InChI=1S/C30H30F2N4O4/c31-29(32)15-19-11-12-24(29)25(27(38)35-18(16-33)14-17-6-5-13-34-26(17)37)36(19)28(39)30(40)22-9-3-1-7-20(22)21-8-2-4-10-23(21)30/h1-4,7-10,17-19,24-25,40H,5-6,11-15H2,(H,34,37)(H,35,38)/t17-,18+,19+,24+,25-/m0/s1. The van der Waals surface area contributed by atoms with Gasteiger partial charge in [-0.3, -0.25) is 14.4 Å². The molecule has 40 heavy (non-hydrogen) atoms. The number of alkyl halides is 2. The molecule has 3 aliphatic heterocycles. The topological polar surface area (TPSA) is 123 Å². The zero-order valence-corrected chi connectivity index (χ0v) is 21.8. The van der Waals surface area contributed by atoms with Crippen molar-refractivity contribution in [3.05, 3.63) is 59.7 Å². The lowest BCUT2D eigenvalue weighted by Gasteiger charge is -2.54. The number of nitrogens with one attached hydrogen (secondary N) is 2. The maximum Gasteiger partial charge on any atom is 0.264 e. The van der Waals surface area contributed by atoms with Crippen molar-refractivity contribution in [2.75, 3.05) is 6.54 Å². The van der Waals surface area contributed by atoms with E-state index in [-0.39, 0.29) is 25.2 Å². The van der Waals surface area contributed by atoms with Crippen molar-refractivity contribution in [3.8, 4) is 17.2 Å². The van der Waals surface area contributed by atoms with Gasteiger partial charge in [0.15, 0.2) is 5.60 Å². The fourth-order valence-electron chi connectivity index (χ4n) is 7.17. The van der Waals surface area contributed by atoms with E-state index in [1.165, 1.54) is 0 Å². The van der Waals surface area contributed by atoms with Crippen LogP contribution in [-0.2, 0) is 20.0 Å². The molecule has 2 aliphatic carbocycles. The molecule has 10 heteroatoms. The third kappa shape index (κ3) is 3.98. The van der Waals surface area contributed by atoms with Gasteiger partial charge >= 0.3 is 0 Å². The quantitative estimate of drug-likeness (QED) is 0.531. The van der Waals surface area contributed by atoms with Crippen LogP contribution in [0.3, 0.4) is 0 Å². The van der Waals surface area contributed by atoms with Gasteiger partial charge in [-0.25, -0.2) is 8.78 Å². The van der Waals surface area contributed by atoms with Crippen LogP contribution in [0.2, 0.25) is 0 Å². The monoisotopic (exact) mass is 548 g/mol. The molecular weight excluding hydrogens is 518 g/mol. The van der Waals surface area contributed by atoms with Crippen LogP contribution >= 0.6 is 0 Å². The molecule has 0 unspecified atom stereocenters. The van der Waals surface area contributed by atoms with Crippen molar-refractivity contribution in [2.45, 2.75) is 68.2 Å². The van der Waals surface area contributed by atoms with Gasteiger partial charge in [0.2, 0.25) is 11.8 Å². The molecule has 2 bridgehead atoms. The Balaban J connectivity index is 1.35. The Bertz CT molecular complexity index is 1380. The summed E-state index contributed by atoms with van der Waals surface area (Å²) in [5.74, 6) is -7.03. The number of carbonyl (C=O) groups is 3. The minimum Gasteiger partial charge on any atom is -0.372 e. The van der Waals surface area contributed by atoms with E-state index in [0.29, 0.717) is 35.2 Å². The summed E-state index contributed by atoms with van der Waals surface area (Å²) in [6.45, 7) is 0.547. The number of nitrogens with zero attached hydrogens (tertiary/aromatic N) is 2. The SMILES string of the molecule is N#C[C@@H](C[C@@H]1CCCNC1=O)NC(=O)[C@@H]1[C@H]2CC[C@H](CC2(F)F)N1C(=O)C1(O)c2ccccc2-c2ccccc21. The second-order valence-electron chi connectivity index (χ2n) is 11.3. The molecule has 0 spiro atoms. The summed E-state index contributed by atoms with van der Waals surface area (Å²) in [5.41, 5.74) is -0.151. The molecule has 3 N–H and O–H groups in total. The number of fused-ring (bicyclic) bond motifs is 6. The van der Waals surface area contributed by atoms with E-state index < -0.39 is 59.7 Å².